The van der Waals surface area contributed by atoms with Crippen LogP contribution in [0.5, 0.6) is 5.75 Å². The number of nitrogens with zero attached hydrogens (tertiary/aromatic N) is 2. The molecule has 0 radical (unpaired) electrons. The molecule has 0 N–H and O–H groups in total. The van der Waals surface area contributed by atoms with Gasteiger partial charge in [-0.25, -0.2) is 4.39 Å². The maximum absolute atomic E-state index is 12.9. The van der Waals surface area contributed by atoms with Crippen molar-refractivity contribution in [1.29, 1.82) is 0 Å². The maximum atomic E-state index is 12.9. The Balaban J connectivity index is 1.79. The predicted molar refractivity (Wildman–Crippen MR) is 70.6 cm³/mol. The molecule has 1 saturated heterocycles. The van der Waals surface area contributed by atoms with E-state index in [9.17, 15) is 9.18 Å². The van der Waals surface area contributed by atoms with Crippen LogP contribution in [0.1, 0.15) is 6.92 Å². The Bertz CT molecular complexity index is 431. The number of hydrogen-bond acceptors (Lipinski definition) is 3. The Kier molecular flexibility index (Phi) is 4.74. The summed E-state index contributed by atoms with van der Waals surface area (Å²) >= 11 is 0. The normalized spacial score (nSPS) is 16.4. The van der Waals surface area contributed by atoms with Gasteiger partial charge in [0.1, 0.15) is 11.6 Å². The number of halogens is 1. The number of carbonyl (C=O) groups excluding carboxylic acids is 1. The molecule has 5 heteroatoms. The second-order valence-corrected chi connectivity index (χ2v) is 4.56. The van der Waals surface area contributed by atoms with Crippen molar-refractivity contribution < 1.29 is 13.9 Å². The Labute approximate surface area is 112 Å². The van der Waals surface area contributed by atoms with Crippen LogP contribution >= 0.6 is 0 Å². The number of carbonyl (C=O) groups is 1. The number of hydrogen-bond donors (Lipinski definition) is 0. The summed E-state index contributed by atoms with van der Waals surface area (Å²) in [5.41, 5.74) is 0. The first-order chi connectivity index (χ1) is 9.19. The van der Waals surface area contributed by atoms with Gasteiger partial charge in [0.25, 0.3) is 5.91 Å². The van der Waals surface area contributed by atoms with Gasteiger partial charge in [-0.3, -0.25) is 4.79 Å². The molecule has 19 heavy (non-hydrogen) atoms. The fourth-order valence-corrected chi connectivity index (χ4v) is 2.11. The SMILES string of the molecule is CCN1CCN(C(=O)COc2cccc(F)c2)CC1. The molecule has 1 aromatic rings. The monoisotopic (exact) mass is 266 g/mol. The average Bonchev–Trinajstić information content (AvgIpc) is 2.45. The van der Waals surface area contributed by atoms with Crippen LogP contribution < -0.4 is 4.74 Å². The number of rotatable bonds is 4. The van der Waals surface area contributed by atoms with Crippen LogP contribution in [0.4, 0.5) is 4.39 Å². The second kappa shape index (κ2) is 6.52. The Hall–Kier alpha value is -1.62. The molecule has 1 aromatic carbocycles. The van der Waals surface area contributed by atoms with E-state index in [-0.39, 0.29) is 18.3 Å². The summed E-state index contributed by atoms with van der Waals surface area (Å²) in [5, 5.41) is 0. The molecule has 0 unspecified atom stereocenters. The van der Waals surface area contributed by atoms with Gasteiger partial charge < -0.3 is 14.5 Å². The van der Waals surface area contributed by atoms with Gasteiger partial charge in [-0.1, -0.05) is 13.0 Å². The quantitative estimate of drug-likeness (QED) is 0.825. The van der Waals surface area contributed by atoms with E-state index >= 15 is 0 Å². The molecular weight excluding hydrogens is 247 g/mol. The lowest BCUT2D eigenvalue weighted by Gasteiger charge is -2.33. The molecule has 0 aromatic heterocycles. The smallest absolute Gasteiger partial charge is 0.260 e. The highest BCUT2D eigenvalue weighted by atomic mass is 19.1. The third-order valence-corrected chi connectivity index (χ3v) is 3.33. The molecule has 0 spiro atoms. The molecule has 0 aliphatic carbocycles. The Morgan fingerprint density at radius 2 is 2.05 bits per heavy atom. The van der Waals surface area contributed by atoms with Crippen molar-refractivity contribution in [2.24, 2.45) is 0 Å². The average molecular weight is 266 g/mol. The fraction of sp³-hybridized carbons (Fsp3) is 0.500. The van der Waals surface area contributed by atoms with Crippen molar-refractivity contribution in [2.75, 3.05) is 39.3 Å². The molecule has 1 fully saturated rings. The van der Waals surface area contributed by atoms with E-state index < -0.39 is 0 Å². The molecule has 2 rings (SSSR count). The third kappa shape index (κ3) is 3.92. The van der Waals surface area contributed by atoms with Crippen LogP contribution in [0.2, 0.25) is 0 Å². The van der Waals surface area contributed by atoms with E-state index in [0.29, 0.717) is 5.75 Å². The third-order valence-electron chi connectivity index (χ3n) is 3.33. The summed E-state index contributed by atoms with van der Waals surface area (Å²) in [7, 11) is 0. The minimum absolute atomic E-state index is 0.0322. The lowest BCUT2D eigenvalue weighted by Crippen LogP contribution is -2.49. The summed E-state index contributed by atoms with van der Waals surface area (Å²) in [4.78, 5) is 16.0. The van der Waals surface area contributed by atoms with Gasteiger partial charge in [0.15, 0.2) is 6.61 Å². The number of likely N-dealkylation sites (N-methyl/N-ethyl adjacent to an activating group) is 1. The van der Waals surface area contributed by atoms with Crippen molar-refractivity contribution in [3.05, 3.63) is 30.1 Å². The van der Waals surface area contributed by atoms with E-state index in [1.165, 1.54) is 12.1 Å². The maximum Gasteiger partial charge on any atom is 0.260 e. The zero-order valence-corrected chi connectivity index (χ0v) is 11.1. The first-order valence-corrected chi connectivity index (χ1v) is 6.57. The van der Waals surface area contributed by atoms with Crippen molar-refractivity contribution in [3.63, 3.8) is 0 Å². The highest BCUT2D eigenvalue weighted by Crippen LogP contribution is 2.12. The summed E-state index contributed by atoms with van der Waals surface area (Å²) < 4.78 is 18.3. The molecule has 0 saturated carbocycles. The lowest BCUT2D eigenvalue weighted by atomic mass is 10.3. The van der Waals surface area contributed by atoms with Crippen LogP contribution in [0.3, 0.4) is 0 Å². The summed E-state index contributed by atoms with van der Waals surface area (Å²) in [6.07, 6.45) is 0. The van der Waals surface area contributed by atoms with Crippen LogP contribution in [0.15, 0.2) is 24.3 Å². The number of piperazine rings is 1. The summed E-state index contributed by atoms with van der Waals surface area (Å²) in [5.74, 6) is -0.0120. The molecule has 4 nitrogen and oxygen atoms in total. The van der Waals surface area contributed by atoms with Gasteiger partial charge in [0.2, 0.25) is 0 Å². The van der Waals surface area contributed by atoms with Crippen molar-refractivity contribution in [3.8, 4) is 5.75 Å². The number of benzene rings is 1. The van der Waals surface area contributed by atoms with Crippen molar-refractivity contribution in [2.45, 2.75) is 6.92 Å². The highest BCUT2D eigenvalue weighted by molar-refractivity contribution is 5.77. The number of ether oxygens (including phenoxy) is 1. The first kappa shape index (κ1) is 13.8. The minimum atomic E-state index is -0.360. The molecule has 1 amide bonds. The zero-order valence-electron chi connectivity index (χ0n) is 11.1. The van der Waals surface area contributed by atoms with E-state index in [2.05, 4.69) is 11.8 Å². The summed E-state index contributed by atoms with van der Waals surface area (Å²) in [6.45, 7) is 6.38. The largest absolute Gasteiger partial charge is 0.484 e. The van der Waals surface area contributed by atoms with E-state index in [1.54, 1.807) is 17.0 Å². The Morgan fingerprint density at radius 3 is 2.68 bits per heavy atom. The Morgan fingerprint density at radius 1 is 1.32 bits per heavy atom. The molecule has 104 valence electrons. The highest BCUT2D eigenvalue weighted by Gasteiger charge is 2.20. The zero-order chi connectivity index (χ0) is 13.7. The van der Waals surface area contributed by atoms with Crippen molar-refractivity contribution in [1.82, 2.24) is 9.80 Å². The molecule has 0 atom stereocenters. The molecular formula is C14H19FN2O2. The van der Waals surface area contributed by atoms with Gasteiger partial charge >= 0.3 is 0 Å². The molecule has 1 aliphatic rings. The lowest BCUT2D eigenvalue weighted by molar-refractivity contribution is -0.135. The van der Waals surface area contributed by atoms with Crippen LogP contribution in [0.25, 0.3) is 0 Å². The van der Waals surface area contributed by atoms with E-state index in [0.717, 1.165) is 32.7 Å². The van der Waals surface area contributed by atoms with E-state index in [1.807, 2.05) is 0 Å². The van der Waals surface area contributed by atoms with Crippen LogP contribution in [-0.2, 0) is 4.79 Å². The van der Waals surface area contributed by atoms with Crippen LogP contribution in [-0.4, -0.2) is 55.0 Å². The molecule has 1 heterocycles. The van der Waals surface area contributed by atoms with Crippen molar-refractivity contribution >= 4 is 5.91 Å². The van der Waals surface area contributed by atoms with Gasteiger partial charge in [0, 0.05) is 32.2 Å². The molecule has 1 aliphatic heterocycles. The van der Waals surface area contributed by atoms with Gasteiger partial charge in [0.05, 0.1) is 0 Å². The standard InChI is InChI=1S/C14H19FN2O2/c1-2-16-6-8-17(9-7-16)14(18)11-19-13-5-3-4-12(15)10-13/h3-5,10H,2,6-9,11H2,1H3. The fourth-order valence-electron chi connectivity index (χ4n) is 2.11. The van der Waals surface area contributed by atoms with Gasteiger partial charge in [-0.05, 0) is 18.7 Å². The van der Waals surface area contributed by atoms with Gasteiger partial charge in [-0.2, -0.15) is 0 Å². The number of amides is 1. The minimum Gasteiger partial charge on any atom is -0.484 e. The topological polar surface area (TPSA) is 32.8 Å². The molecule has 0 bridgehead atoms. The van der Waals surface area contributed by atoms with E-state index in [4.69, 9.17) is 4.74 Å². The summed E-state index contributed by atoms with van der Waals surface area (Å²) in [6, 6.07) is 5.83. The predicted octanol–water partition coefficient (Wildman–Crippen LogP) is 1.37. The van der Waals surface area contributed by atoms with Gasteiger partial charge in [-0.15, -0.1) is 0 Å². The van der Waals surface area contributed by atoms with Crippen LogP contribution in [0, 0.1) is 5.82 Å². The first-order valence-electron chi connectivity index (χ1n) is 6.57. The second-order valence-electron chi connectivity index (χ2n) is 4.56.